The Morgan fingerprint density at radius 3 is 2.73 bits per heavy atom. The van der Waals surface area contributed by atoms with Gasteiger partial charge >= 0.3 is 0 Å². The molecule has 0 atom stereocenters. The molecule has 0 radical (unpaired) electrons. The van der Waals surface area contributed by atoms with E-state index in [4.69, 9.17) is 0 Å². The number of thioether (sulfide) groups is 2. The molecule has 0 saturated heterocycles. The average Bonchev–Trinajstić information content (AvgIpc) is 2.26. The molecule has 0 aliphatic rings. The SMILES string of the molecule is CSc1nc(SC)c2nn[n+]([O-])cc2n1. The maximum Gasteiger partial charge on any atom is 0.264 e. The molecule has 78 valence electrons. The van der Waals surface area contributed by atoms with Crippen molar-refractivity contribution in [2.24, 2.45) is 0 Å². The summed E-state index contributed by atoms with van der Waals surface area (Å²) in [6.45, 7) is 0. The van der Waals surface area contributed by atoms with Crippen molar-refractivity contribution in [2.75, 3.05) is 12.5 Å². The van der Waals surface area contributed by atoms with Crippen LogP contribution in [0.2, 0.25) is 0 Å². The van der Waals surface area contributed by atoms with Crippen LogP contribution in [0.15, 0.2) is 16.4 Å². The maximum absolute atomic E-state index is 11.0. The Morgan fingerprint density at radius 1 is 1.27 bits per heavy atom. The van der Waals surface area contributed by atoms with E-state index >= 15 is 0 Å². The summed E-state index contributed by atoms with van der Waals surface area (Å²) in [7, 11) is 0. The van der Waals surface area contributed by atoms with Gasteiger partial charge in [0.1, 0.15) is 11.4 Å². The van der Waals surface area contributed by atoms with Crippen LogP contribution in [0.1, 0.15) is 0 Å². The van der Waals surface area contributed by atoms with E-state index in [0.717, 1.165) is 5.03 Å². The van der Waals surface area contributed by atoms with E-state index in [1.54, 1.807) is 0 Å². The summed E-state index contributed by atoms with van der Waals surface area (Å²) < 4.78 is 0. The van der Waals surface area contributed by atoms with E-state index in [1.165, 1.54) is 29.7 Å². The monoisotopic (exact) mass is 241 g/mol. The summed E-state index contributed by atoms with van der Waals surface area (Å²) in [5.41, 5.74) is 1.08. The molecule has 8 heteroatoms. The van der Waals surface area contributed by atoms with Gasteiger partial charge < -0.3 is 5.21 Å². The molecule has 0 N–H and O–H groups in total. The van der Waals surface area contributed by atoms with Gasteiger partial charge in [-0.3, -0.25) is 0 Å². The highest BCUT2D eigenvalue weighted by atomic mass is 32.2. The summed E-state index contributed by atoms with van der Waals surface area (Å²) in [4.78, 5) is 8.84. The molecule has 2 aromatic heterocycles. The minimum absolute atomic E-state index is 0.392. The van der Waals surface area contributed by atoms with Gasteiger partial charge in [-0.2, -0.15) is 0 Å². The molecule has 0 spiro atoms. The largest absolute Gasteiger partial charge is 0.691 e. The van der Waals surface area contributed by atoms with Crippen LogP contribution in [0.3, 0.4) is 0 Å². The zero-order valence-corrected chi connectivity index (χ0v) is 9.67. The molecule has 2 heterocycles. The number of fused-ring (bicyclic) bond motifs is 1. The number of rotatable bonds is 2. The van der Waals surface area contributed by atoms with E-state index in [-0.39, 0.29) is 0 Å². The van der Waals surface area contributed by atoms with E-state index in [1.807, 2.05) is 12.5 Å². The lowest BCUT2D eigenvalue weighted by Gasteiger charge is -2.01. The van der Waals surface area contributed by atoms with Crippen LogP contribution in [0.25, 0.3) is 11.0 Å². The quantitative estimate of drug-likeness (QED) is 0.249. The van der Waals surface area contributed by atoms with Crippen molar-refractivity contribution >= 4 is 34.6 Å². The van der Waals surface area contributed by atoms with Crippen molar-refractivity contribution in [3.8, 4) is 0 Å². The molecule has 0 saturated carbocycles. The van der Waals surface area contributed by atoms with E-state index in [0.29, 0.717) is 21.0 Å². The zero-order chi connectivity index (χ0) is 10.8. The van der Waals surface area contributed by atoms with Gasteiger partial charge in [-0.1, -0.05) is 11.8 Å². The standard InChI is InChI=1S/C7H7N5OS2/c1-14-6-5-4(3-12(13)11-10-5)8-7(9-6)15-2/h3H,1-2H3. The van der Waals surface area contributed by atoms with Crippen LogP contribution in [-0.4, -0.2) is 32.8 Å². The van der Waals surface area contributed by atoms with Crippen LogP contribution in [-0.2, 0) is 0 Å². The van der Waals surface area contributed by atoms with Crippen LogP contribution in [0, 0.1) is 5.21 Å². The van der Waals surface area contributed by atoms with Crippen LogP contribution >= 0.6 is 23.5 Å². The third kappa shape index (κ3) is 1.95. The number of aromatic nitrogens is 5. The Labute approximate surface area is 94.1 Å². The lowest BCUT2D eigenvalue weighted by atomic mass is 10.5. The first-order valence-electron chi connectivity index (χ1n) is 3.97. The molecule has 0 aromatic carbocycles. The van der Waals surface area contributed by atoms with E-state index in [2.05, 4.69) is 20.3 Å². The summed E-state index contributed by atoms with van der Waals surface area (Å²) in [6.07, 6.45) is 5.07. The highest BCUT2D eigenvalue weighted by Crippen LogP contribution is 2.22. The fourth-order valence-electron chi connectivity index (χ4n) is 1.07. The summed E-state index contributed by atoms with van der Waals surface area (Å²) in [6, 6.07) is 0. The number of hydrogen-bond acceptors (Lipinski definition) is 7. The van der Waals surface area contributed by atoms with Gasteiger partial charge in [-0.15, -0.1) is 16.6 Å². The molecular weight excluding hydrogens is 234 g/mol. The molecule has 6 nitrogen and oxygen atoms in total. The van der Waals surface area contributed by atoms with Gasteiger partial charge in [0.15, 0.2) is 15.7 Å². The maximum atomic E-state index is 11.0. The molecule has 0 unspecified atom stereocenters. The van der Waals surface area contributed by atoms with Gasteiger partial charge in [-0.05, 0) is 12.5 Å². The van der Waals surface area contributed by atoms with Gasteiger partial charge in [-0.25, -0.2) is 9.97 Å². The molecule has 0 aliphatic carbocycles. The first-order chi connectivity index (χ1) is 7.24. The first-order valence-corrected chi connectivity index (χ1v) is 6.42. The molecule has 2 aromatic rings. The molecule has 2 rings (SSSR count). The minimum Gasteiger partial charge on any atom is -0.691 e. The van der Waals surface area contributed by atoms with Crippen molar-refractivity contribution in [1.82, 2.24) is 20.3 Å². The normalized spacial score (nSPS) is 10.8. The molecule has 15 heavy (non-hydrogen) atoms. The highest BCUT2D eigenvalue weighted by molar-refractivity contribution is 7.99. The molecule has 0 aliphatic heterocycles. The third-order valence-electron chi connectivity index (χ3n) is 1.70. The van der Waals surface area contributed by atoms with Gasteiger partial charge in [0, 0.05) is 0 Å². The predicted molar refractivity (Wildman–Crippen MR) is 57.7 cm³/mol. The third-order valence-corrected chi connectivity index (χ3v) is 2.92. The van der Waals surface area contributed by atoms with Crippen molar-refractivity contribution in [3.05, 3.63) is 11.4 Å². The van der Waals surface area contributed by atoms with Gasteiger partial charge in [0.2, 0.25) is 0 Å². The molecule has 0 bridgehead atoms. The fraction of sp³-hybridized carbons (Fsp3) is 0.286. The van der Waals surface area contributed by atoms with Crippen molar-refractivity contribution < 1.29 is 4.85 Å². The summed E-state index contributed by atoms with van der Waals surface area (Å²) in [5.74, 6) is 0. The summed E-state index contributed by atoms with van der Waals surface area (Å²) in [5, 5.41) is 19.5. The molecule has 0 fully saturated rings. The minimum atomic E-state index is 0.392. The van der Waals surface area contributed by atoms with Gasteiger partial charge in [0.05, 0.1) is 5.10 Å². The van der Waals surface area contributed by atoms with E-state index in [9.17, 15) is 5.21 Å². The average molecular weight is 241 g/mol. The van der Waals surface area contributed by atoms with E-state index < -0.39 is 0 Å². The van der Waals surface area contributed by atoms with Crippen LogP contribution in [0.5, 0.6) is 0 Å². The van der Waals surface area contributed by atoms with Crippen molar-refractivity contribution in [2.45, 2.75) is 10.2 Å². The van der Waals surface area contributed by atoms with Gasteiger partial charge in [0.25, 0.3) is 5.52 Å². The second-order valence-corrected chi connectivity index (χ2v) is 4.14. The number of hydrogen-bond donors (Lipinski definition) is 0. The second-order valence-electron chi connectivity index (χ2n) is 2.57. The summed E-state index contributed by atoms with van der Waals surface area (Å²) >= 11 is 2.88. The molecule has 0 amide bonds. The highest BCUT2D eigenvalue weighted by Gasteiger charge is 2.13. The van der Waals surface area contributed by atoms with Crippen LogP contribution < -0.4 is 4.85 Å². The smallest absolute Gasteiger partial charge is 0.264 e. The predicted octanol–water partition coefficient (Wildman–Crippen LogP) is 0.497. The molecular formula is C7H7N5OS2. The van der Waals surface area contributed by atoms with Crippen molar-refractivity contribution in [1.29, 1.82) is 0 Å². The Kier molecular flexibility index (Phi) is 2.87. The van der Waals surface area contributed by atoms with Crippen molar-refractivity contribution in [3.63, 3.8) is 0 Å². The second kappa shape index (κ2) is 4.15. The lowest BCUT2D eigenvalue weighted by molar-refractivity contribution is -0.673. The Balaban J connectivity index is 2.74. The van der Waals surface area contributed by atoms with Crippen LogP contribution in [0.4, 0.5) is 0 Å². The zero-order valence-electron chi connectivity index (χ0n) is 8.04. The Bertz CT molecular complexity index is 506. The number of nitrogens with zero attached hydrogens (tertiary/aromatic N) is 5. The first kappa shape index (κ1) is 10.4. The lowest BCUT2D eigenvalue weighted by Crippen LogP contribution is -2.31. The Morgan fingerprint density at radius 2 is 2.07 bits per heavy atom. The topological polar surface area (TPSA) is 78.5 Å². The Hall–Kier alpha value is -1.15. The fourth-order valence-corrected chi connectivity index (χ4v) is 2.01.